The van der Waals surface area contributed by atoms with Gasteiger partial charge in [0.25, 0.3) is 5.91 Å². The van der Waals surface area contributed by atoms with E-state index in [1.165, 1.54) is 6.20 Å². The third kappa shape index (κ3) is 4.31. The molecule has 0 radical (unpaired) electrons. The standard InChI is InChI=1S/C15H15N3O3/c19-13-7-2-1-5-11(13)8-9-14(20)17-18-15(21)12-6-3-4-10-16-12/h1-7,10,19H,8-9H2,(H,17,20)(H,18,21). The van der Waals surface area contributed by atoms with Crippen LogP contribution in [0, 0.1) is 0 Å². The number of rotatable bonds is 4. The highest BCUT2D eigenvalue weighted by atomic mass is 16.3. The van der Waals surface area contributed by atoms with Crippen LogP contribution in [0.1, 0.15) is 22.5 Å². The zero-order valence-electron chi connectivity index (χ0n) is 11.2. The normalized spacial score (nSPS) is 9.90. The van der Waals surface area contributed by atoms with Crippen LogP contribution >= 0.6 is 0 Å². The molecule has 1 aromatic heterocycles. The molecule has 6 nitrogen and oxygen atoms in total. The first kappa shape index (κ1) is 14.5. The number of hydrogen-bond donors (Lipinski definition) is 3. The monoisotopic (exact) mass is 285 g/mol. The van der Waals surface area contributed by atoms with E-state index in [-0.39, 0.29) is 23.8 Å². The smallest absolute Gasteiger partial charge is 0.288 e. The first-order chi connectivity index (χ1) is 10.2. The summed E-state index contributed by atoms with van der Waals surface area (Å²) in [7, 11) is 0. The van der Waals surface area contributed by atoms with Crippen LogP contribution in [0.2, 0.25) is 0 Å². The Kier molecular flexibility index (Phi) is 4.87. The number of nitrogens with zero attached hydrogens (tertiary/aromatic N) is 1. The topological polar surface area (TPSA) is 91.3 Å². The molecule has 0 aliphatic carbocycles. The number of aryl methyl sites for hydroxylation is 1. The molecule has 3 N–H and O–H groups in total. The van der Waals surface area contributed by atoms with Crippen LogP contribution in [0.25, 0.3) is 0 Å². The SMILES string of the molecule is O=C(CCc1ccccc1O)NNC(=O)c1ccccn1. The molecule has 6 heteroatoms. The molecule has 0 spiro atoms. The summed E-state index contributed by atoms with van der Waals surface area (Å²) in [5.41, 5.74) is 5.50. The first-order valence-corrected chi connectivity index (χ1v) is 6.44. The van der Waals surface area contributed by atoms with Gasteiger partial charge in [0.1, 0.15) is 11.4 Å². The van der Waals surface area contributed by atoms with Crippen molar-refractivity contribution in [3.8, 4) is 5.75 Å². The van der Waals surface area contributed by atoms with Crippen LogP contribution < -0.4 is 10.9 Å². The Bertz CT molecular complexity index is 629. The number of aromatic hydroxyl groups is 1. The number of para-hydroxylation sites is 1. The van der Waals surface area contributed by atoms with Crippen molar-refractivity contribution >= 4 is 11.8 Å². The molecule has 0 fully saturated rings. The molecule has 1 aromatic carbocycles. The summed E-state index contributed by atoms with van der Waals surface area (Å²) in [5, 5.41) is 9.58. The lowest BCUT2D eigenvalue weighted by molar-refractivity contribution is -0.121. The fraction of sp³-hybridized carbons (Fsp3) is 0.133. The molecular formula is C15H15N3O3. The van der Waals surface area contributed by atoms with Gasteiger partial charge in [-0.3, -0.25) is 25.4 Å². The molecule has 1 heterocycles. The predicted octanol–water partition coefficient (Wildman–Crippen LogP) is 1.18. The van der Waals surface area contributed by atoms with E-state index in [4.69, 9.17) is 0 Å². The van der Waals surface area contributed by atoms with Crippen molar-refractivity contribution in [1.29, 1.82) is 0 Å². The molecule has 0 aliphatic rings. The van der Waals surface area contributed by atoms with Crippen molar-refractivity contribution in [2.24, 2.45) is 0 Å². The van der Waals surface area contributed by atoms with Crippen LogP contribution in [-0.4, -0.2) is 21.9 Å². The van der Waals surface area contributed by atoms with Gasteiger partial charge in [-0.2, -0.15) is 0 Å². The average Bonchev–Trinajstić information content (AvgIpc) is 2.52. The van der Waals surface area contributed by atoms with Crippen LogP contribution in [0.5, 0.6) is 5.75 Å². The molecule has 0 atom stereocenters. The van der Waals surface area contributed by atoms with Crippen molar-refractivity contribution in [3.63, 3.8) is 0 Å². The third-order valence-electron chi connectivity index (χ3n) is 2.83. The molecule has 2 aromatic rings. The maximum Gasteiger partial charge on any atom is 0.288 e. The van der Waals surface area contributed by atoms with Crippen LogP contribution in [0.3, 0.4) is 0 Å². The van der Waals surface area contributed by atoms with E-state index in [9.17, 15) is 14.7 Å². The van der Waals surface area contributed by atoms with E-state index in [0.717, 1.165) is 0 Å². The van der Waals surface area contributed by atoms with Crippen molar-refractivity contribution in [3.05, 3.63) is 59.9 Å². The molecule has 21 heavy (non-hydrogen) atoms. The van der Waals surface area contributed by atoms with Crippen LogP contribution in [0.4, 0.5) is 0 Å². The molecular weight excluding hydrogens is 270 g/mol. The number of phenolic OH excluding ortho intramolecular Hbond substituents is 1. The number of amides is 2. The molecule has 2 amide bonds. The van der Waals surface area contributed by atoms with Crippen molar-refractivity contribution in [2.45, 2.75) is 12.8 Å². The summed E-state index contributed by atoms with van der Waals surface area (Å²) in [6.45, 7) is 0. The number of benzene rings is 1. The summed E-state index contributed by atoms with van der Waals surface area (Å²) >= 11 is 0. The summed E-state index contributed by atoms with van der Waals surface area (Å²) in [5.74, 6) is -0.670. The number of carbonyl (C=O) groups excluding carboxylic acids is 2. The summed E-state index contributed by atoms with van der Waals surface area (Å²) in [6.07, 6.45) is 2.03. The van der Waals surface area contributed by atoms with Gasteiger partial charge in [0, 0.05) is 12.6 Å². The van der Waals surface area contributed by atoms with E-state index in [0.29, 0.717) is 12.0 Å². The summed E-state index contributed by atoms with van der Waals surface area (Å²) in [4.78, 5) is 27.2. The number of aromatic nitrogens is 1. The number of hydrogen-bond acceptors (Lipinski definition) is 4. The molecule has 0 bridgehead atoms. The second-order valence-electron chi connectivity index (χ2n) is 4.35. The fourth-order valence-electron chi connectivity index (χ4n) is 1.72. The summed E-state index contributed by atoms with van der Waals surface area (Å²) in [6, 6.07) is 11.7. The number of nitrogens with one attached hydrogen (secondary N) is 2. The quantitative estimate of drug-likeness (QED) is 0.736. The van der Waals surface area contributed by atoms with Crippen LogP contribution in [-0.2, 0) is 11.2 Å². The van der Waals surface area contributed by atoms with Crippen LogP contribution in [0.15, 0.2) is 48.7 Å². The minimum atomic E-state index is -0.480. The van der Waals surface area contributed by atoms with Gasteiger partial charge in [0.2, 0.25) is 5.91 Å². The minimum absolute atomic E-state index is 0.153. The highest BCUT2D eigenvalue weighted by Gasteiger charge is 2.08. The minimum Gasteiger partial charge on any atom is -0.508 e. The second-order valence-corrected chi connectivity index (χ2v) is 4.35. The Labute approximate surface area is 121 Å². The number of hydrazine groups is 1. The Hall–Kier alpha value is -2.89. The van der Waals surface area contributed by atoms with E-state index < -0.39 is 5.91 Å². The molecule has 0 unspecified atom stereocenters. The molecule has 0 aliphatic heterocycles. The highest BCUT2D eigenvalue weighted by molar-refractivity contribution is 5.93. The second kappa shape index (κ2) is 7.04. The highest BCUT2D eigenvalue weighted by Crippen LogP contribution is 2.16. The maximum absolute atomic E-state index is 11.6. The molecule has 2 rings (SSSR count). The first-order valence-electron chi connectivity index (χ1n) is 6.44. The lowest BCUT2D eigenvalue weighted by Gasteiger charge is -2.07. The van der Waals surface area contributed by atoms with E-state index >= 15 is 0 Å². The van der Waals surface area contributed by atoms with Gasteiger partial charge in [-0.05, 0) is 30.2 Å². The van der Waals surface area contributed by atoms with Crippen molar-refractivity contribution in [2.75, 3.05) is 0 Å². The Balaban J connectivity index is 1.78. The zero-order chi connectivity index (χ0) is 15.1. The van der Waals surface area contributed by atoms with Crippen molar-refractivity contribution < 1.29 is 14.7 Å². The predicted molar refractivity (Wildman–Crippen MR) is 76.3 cm³/mol. The summed E-state index contributed by atoms with van der Waals surface area (Å²) < 4.78 is 0. The number of carbonyl (C=O) groups is 2. The van der Waals surface area contributed by atoms with Gasteiger partial charge in [-0.1, -0.05) is 24.3 Å². The maximum atomic E-state index is 11.6. The average molecular weight is 285 g/mol. The Morgan fingerprint density at radius 2 is 1.81 bits per heavy atom. The lowest BCUT2D eigenvalue weighted by atomic mass is 10.1. The van der Waals surface area contributed by atoms with E-state index in [1.54, 1.807) is 42.5 Å². The molecule has 0 saturated carbocycles. The Morgan fingerprint density at radius 1 is 1.05 bits per heavy atom. The largest absolute Gasteiger partial charge is 0.508 e. The van der Waals surface area contributed by atoms with Gasteiger partial charge < -0.3 is 5.11 Å². The zero-order valence-corrected chi connectivity index (χ0v) is 11.2. The fourth-order valence-corrected chi connectivity index (χ4v) is 1.72. The van der Waals surface area contributed by atoms with Gasteiger partial charge in [0.15, 0.2) is 0 Å². The molecule has 108 valence electrons. The van der Waals surface area contributed by atoms with Gasteiger partial charge >= 0.3 is 0 Å². The number of pyridine rings is 1. The van der Waals surface area contributed by atoms with Gasteiger partial charge in [-0.15, -0.1) is 0 Å². The lowest BCUT2D eigenvalue weighted by Crippen LogP contribution is -2.42. The van der Waals surface area contributed by atoms with Crippen molar-refractivity contribution in [1.82, 2.24) is 15.8 Å². The van der Waals surface area contributed by atoms with Gasteiger partial charge in [0.05, 0.1) is 0 Å². The van der Waals surface area contributed by atoms with Gasteiger partial charge in [-0.25, -0.2) is 0 Å². The van der Waals surface area contributed by atoms with E-state index in [1.807, 2.05) is 0 Å². The number of phenols is 1. The van der Waals surface area contributed by atoms with E-state index in [2.05, 4.69) is 15.8 Å². The Morgan fingerprint density at radius 3 is 2.52 bits per heavy atom. The molecule has 0 saturated heterocycles. The third-order valence-corrected chi connectivity index (χ3v) is 2.83.